The van der Waals surface area contributed by atoms with Crippen molar-refractivity contribution in [3.63, 3.8) is 0 Å². The van der Waals surface area contributed by atoms with Crippen LogP contribution in [0.5, 0.6) is 0 Å². The number of hydrogen-bond acceptors (Lipinski definition) is 10. The highest BCUT2D eigenvalue weighted by atomic mass is 16.5. The third-order valence-electron chi connectivity index (χ3n) is 17.3. The van der Waals surface area contributed by atoms with Crippen LogP contribution in [0.15, 0.2) is 42.5 Å². The molecule has 2 aliphatic heterocycles. The summed E-state index contributed by atoms with van der Waals surface area (Å²) >= 11 is 0. The van der Waals surface area contributed by atoms with Gasteiger partial charge in [0, 0.05) is 53.2 Å². The van der Waals surface area contributed by atoms with Crippen LogP contribution in [0.25, 0.3) is 0 Å². The second kappa shape index (κ2) is 27.7. The van der Waals surface area contributed by atoms with E-state index in [-0.39, 0.29) is 66.4 Å². The van der Waals surface area contributed by atoms with Gasteiger partial charge in [-0.15, -0.1) is 0 Å². The molecule has 1 aromatic rings. The molecule has 17 nitrogen and oxygen atoms in total. The van der Waals surface area contributed by atoms with Crippen molar-refractivity contribution in [3.8, 4) is 0 Å². The first-order valence-electron chi connectivity index (χ1n) is 27.9. The number of likely N-dealkylation sites (tertiary alicyclic amines) is 2. The average molecular weight is 1030 g/mol. The van der Waals surface area contributed by atoms with Crippen LogP contribution in [-0.2, 0) is 49.4 Å². The Labute approximate surface area is 440 Å². The minimum atomic E-state index is -1.15. The highest BCUT2D eigenvalue weighted by Crippen LogP contribution is 2.53. The molecule has 14 atom stereocenters. The molecule has 6 amide bonds. The maximum Gasteiger partial charge on any atom is 0.407 e. The van der Waals surface area contributed by atoms with Crippen molar-refractivity contribution >= 4 is 41.6 Å². The summed E-state index contributed by atoms with van der Waals surface area (Å²) in [5, 5.41) is 18.6. The van der Waals surface area contributed by atoms with E-state index in [9.17, 15) is 38.7 Å². The van der Waals surface area contributed by atoms with Gasteiger partial charge in [-0.05, 0) is 112 Å². The molecule has 74 heavy (non-hydrogen) atoms. The minimum absolute atomic E-state index is 0.00693. The van der Waals surface area contributed by atoms with Gasteiger partial charge in [-0.25, -0.2) is 9.59 Å². The van der Waals surface area contributed by atoms with E-state index < -0.39 is 60.2 Å². The Bertz CT molecular complexity index is 2070. The van der Waals surface area contributed by atoms with Crippen LogP contribution in [0.3, 0.4) is 0 Å². The molecule has 412 valence electrons. The van der Waals surface area contributed by atoms with Gasteiger partial charge in [0.25, 0.3) is 0 Å². The lowest BCUT2D eigenvalue weighted by Gasteiger charge is -2.41. The highest BCUT2D eigenvalue weighted by Gasteiger charge is 2.52. The molecule has 17 heteroatoms. The fourth-order valence-electron chi connectivity index (χ4n) is 12.9. The number of alkyl carbamates (subject to hydrolysis) is 1. The molecule has 0 unspecified atom stereocenters. The van der Waals surface area contributed by atoms with E-state index in [0.29, 0.717) is 76.0 Å². The second-order valence-electron chi connectivity index (χ2n) is 22.3. The molecular formula is C57H88N6O11. The van der Waals surface area contributed by atoms with E-state index in [2.05, 4.69) is 28.1 Å². The fraction of sp³-hybridized carbons (Fsp3) is 0.737. The fourth-order valence-corrected chi connectivity index (χ4v) is 12.9. The van der Waals surface area contributed by atoms with Crippen molar-refractivity contribution < 1.29 is 52.9 Å². The van der Waals surface area contributed by atoms with Gasteiger partial charge >= 0.3 is 12.1 Å². The maximum atomic E-state index is 14.7. The third-order valence-corrected chi connectivity index (χ3v) is 17.3. The lowest BCUT2D eigenvalue weighted by Crippen LogP contribution is -2.60. The second-order valence-corrected chi connectivity index (χ2v) is 22.3. The predicted octanol–water partition coefficient (Wildman–Crippen LogP) is 6.52. The van der Waals surface area contributed by atoms with E-state index in [1.54, 1.807) is 28.7 Å². The Kier molecular flexibility index (Phi) is 21.8. The number of likely N-dealkylation sites (N-methyl/N-ethyl adjacent to an activating group) is 1. The lowest BCUT2D eigenvalue weighted by molar-refractivity contribution is -0.149. The van der Waals surface area contributed by atoms with Crippen LogP contribution in [0.4, 0.5) is 4.79 Å². The van der Waals surface area contributed by atoms with Gasteiger partial charge in [0.2, 0.25) is 29.5 Å². The zero-order valence-corrected chi connectivity index (χ0v) is 45.5. The lowest BCUT2D eigenvalue weighted by atomic mass is 9.89. The van der Waals surface area contributed by atoms with E-state index in [1.165, 1.54) is 27.1 Å². The van der Waals surface area contributed by atoms with Crippen LogP contribution in [0, 0.1) is 41.4 Å². The van der Waals surface area contributed by atoms with Crippen molar-refractivity contribution in [2.75, 3.05) is 41.0 Å². The number of carbonyl (C=O) groups excluding carboxylic acids is 6. The Morgan fingerprint density at radius 1 is 0.851 bits per heavy atom. The summed E-state index contributed by atoms with van der Waals surface area (Å²) in [4.78, 5) is 101. The highest BCUT2D eigenvalue weighted by molar-refractivity contribution is 5.93. The van der Waals surface area contributed by atoms with Gasteiger partial charge in [-0.2, -0.15) is 0 Å². The average Bonchev–Trinajstić information content (AvgIpc) is 3.81. The van der Waals surface area contributed by atoms with Crippen LogP contribution in [-0.4, -0.2) is 151 Å². The smallest absolute Gasteiger partial charge is 0.407 e. The van der Waals surface area contributed by atoms with E-state index >= 15 is 0 Å². The Balaban J connectivity index is 1.01. The van der Waals surface area contributed by atoms with Crippen LogP contribution >= 0.6 is 0 Å². The van der Waals surface area contributed by atoms with E-state index in [0.717, 1.165) is 44.1 Å². The molecule has 1 aromatic carbocycles. The number of rotatable bonds is 27. The summed E-state index contributed by atoms with van der Waals surface area (Å²) in [5.74, 6) is -1.95. The Morgan fingerprint density at radius 3 is 2.19 bits per heavy atom. The molecule has 2 bridgehead atoms. The number of methoxy groups -OCH3 is 2. The van der Waals surface area contributed by atoms with Crippen molar-refractivity contribution in [2.45, 2.75) is 186 Å². The Hall–Kier alpha value is -5.03. The van der Waals surface area contributed by atoms with Crippen LogP contribution in [0.1, 0.15) is 136 Å². The van der Waals surface area contributed by atoms with Crippen LogP contribution < -0.4 is 16.0 Å². The van der Waals surface area contributed by atoms with Gasteiger partial charge in [0.1, 0.15) is 18.1 Å². The summed E-state index contributed by atoms with van der Waals surface area (Å²) in [6.07, 6.45) is 14.0. The number of nitrogens with one attached hydrogen (secondary N) is 3. The summed E-state index contributed by atoms with van der Waals surface area (Å²) < 4.78 is 17.6. The molecule has 2 saturated heterocycles. The first-order valence-corrected chi connectivity index (χ1v) is 27.9. The molecule has 3 aliphatic carbocycles. The molecule has 4 N–H and O–H groups in total. The van der Waals surface area contributed by atoms with Gasteiger partial charge in [0.15, 0.2) is 0 Å². The molecule has 5 aliphatic rings. The van der Waals surface area contributed by atoms with Crippen molar-refractivity contribution in [1.82, 2.24) is 30.7 Å². The molecule has 2 heterocycles. The quantitative estimate of drug-likeness (QED) is 0.0550. The topological polar surface area (TPSA) is 213 Å². The molecular weight excluding hydrogens is 945 g/mol. The molecule has 0 radical (unpaired) electrons. The summed E-state index contributed by atoms with van der Waals surface area (Å²) in [7, 11) is 4.72. The molecule has 2 saturated carbocycles. The first-order chi connectivity index (χ1) is 35.5. The number of allylic oxidation sites excluding steroid dienone is 2. The summed E-state index contributed by atoms with van der Waals surface area (Å²) in [6, 6.07) is 5.32. The first kappa shape index (κ1) is 58.2. The van der Waals surface area contributed by atoms with Crippen molar-refractivity contribution in [2.24, 2.45) is 41.4 Å². The number of amides is 6. The zero-order valence-electron chi connectivity index (χ0n) is 45.5. The number of fused-ring (bicyclic) bond motifs is 3. The number of carboxylic acids is 1. The van der Waals surface area contributed by atoms with E-state index in [1.807, 2.05) is 58.0 Å². The molecule has 4 fully saturated rings. The number of piperidine rings is 1. The number of hydrogen-bond donors (Lipinski definition) is 4. The van der Waals surface area contributed by atoms with Gasteiger partial charge in [-0.3, -0.25) is 24.0 Å². The SMILES string of the molecule is CC[C@H](C)[C@@H]([C@@H](CC(=O)N1CCC[C@H]1[C@H](OC)[C@@H](C)C(=O)N[C@@H](Cc1ccccc1)C(=O)O)OC)N(C)C(=O)[C@@H](NC(=O)[C@@H]1[C@H]2CC[C@H](C2)N1C(=O)CCCCCNC(=O)OC[C@@H]1[C@@H]2CC/C=C\CC[C@@H]21)C(C)C. The zero-order chi connectivity index (χ0) is 53.6. The summed E-state index contributed by atoms with van der Waals surface area (Å²) in [5.41, 5.74) is 0.772. The van der Waals surface area contributed by atoms with Gasteiger partial charge in [-0.1, -0.05) is 89.9 Å². The largest absolute Gasteiger partial charge is 0.480 e. The minimum Gasteiger partial charge on any atom is -0.480 e. The monoisotopic (exact) mass is 1030 g/mol. The van der Waals surface area contributed by atoms with Crippen molar-refractivity contribution in [3.05, 3.63) is 48.0 Å². The number of ether oxygens (including phenoxy) is 3. The third kappa shape index (κ3) is 14.7. The number of unbranched alkanes of at least 4 members (excludes halogenated alkanes) is 2. The number of carboxylic acid groups (broad SMARTS) is 1. The number of benzene rings is 1. The predicted molar refractivity (Wildman–Crippen MR) is 280 cm³/mol. The van der Waals surface area contributed by atoms with Crippen LogP contribution in [0.2, 0.25) is 0 Å². The molecule has 6 rings (SSSR count). The van der Waals surface area contributed by atoms with E-state index in [4.69, 9.17) is 14.2 Å². The molecule has 0 spiro atoms. The molecule has 0 aromatic heterocycles. The number of aliphatic carboxylic acids is 1. The number of carbonyl (C=O) groups is 7. The van der Waals surface area contributed by atoms with Gasteiger partial charge < -0.3 is 50.0 Å². The normalized spacial score (nSPS) is 26.3. The standard InChI is InChI=1S/C57H88N6O11/c1-9-36(4)50(46(72-7)33-48(65)62-30-20-25-45(62)52(73-8)37(5)53(66)59-44(56(69)70)31-38-21-14-12-15-22-38)61(6)55(68)49(35(2)3)60-54(67)51-39-27-28-40(32-39)63(51)47(64)26-18-13-19-29-58-57(71)74-34-43-41-23-16-10-11-17-24-42(41)43/h10-12,14-15,21-22,35-37,39-46,49-52H,9,13,16-20,23-34H2,1-8H3,(H,58,71)(H,59,66)(H,60,67)(H,69,70)/b11-10-/t36-,37+,39-,40+,41-,42+,43-,44-,45-,46+,49-,50-,51-,52+/m0/s1. The summed E-state index contributed by atoms with van der Waals surface area (Å²) in [6.45, 7) is 10.9. The Morgan fingerprint density at radius 2 is 1.55 bits per heavy atom. The van der Waals surface area contributed by atoms with Gasteiger partial charge in [0.05, 0.1) is 43.2 Å². The maximum absolute atomic E-state index is 14.7. The number of nitrogens with zero attached hydrogens (tertiary/aromatic N) is 3. The van der Waals surface area contributed by atoms with Crippen molar-refractivity contribution in [1.29, 1.82) is 0 Å².